The van der Waals surface area contributed by atoms with Crippen molar-refractivity contribution in [3.8, 4) is 11.3 Å². The number of esters is 1. The number of carbonyl (C=O) groups is 1. The smallest absolute Gasteiger partial charge is 0.342 e. The maximum Gasteiger partial charge on any atom is 0.342 e. The topological polar surface area (TPSA) is 55.0 Å². The molecule has 0 saturated heterocycles. The zero-order chi connectivity index (χ0) is 14.7. The Hall–Kier alpha value is -2.01. The van der Waals surface area contributed by atoms with E-state index in [0.717, 1.165) is 5.56 Å². The Labute approximate surface area is 122 Å². The minimum atomic E-state index is -0.393. The number of carbonyl (C=O) groups excluding carboxylic acids is 1. The lowest BCUT2D eigenvalue weighted by Crippen LogP contribution is -2.15. The van der Waals surface area contributed by atoms with Gasteiger partial charge in [-0.05, 0) is 33.0 Å². The standard InChI is InChI=1S/C15H16N2O2S/c1-9(2)19-14(18)12-10(3)16-15(20)17-13(12)11-7-5-4-6-8-11/h4-9H,1-3H3,(H,16,17,20). The molecule has 0 aliphatic rings. The molecule has 0 saturated carbocycles. The normalized spacial score (nSPS) is 10.6. The van der Waals surface area contributed by atoms with Crippen LogP contribution in [-0.2, 0) is 4.74 Å². The van der Waals surface area contributed by atoms with E-state index in [0.29, 0.717) is 21.7 Å². The van der Waals surface area contributed by atoms with Crippen LogP contribution in [0, 0.1) is 11.7 Å². The number of aromatic nitrogens is 2. The van der Waals surface area contributed by atoms with Gasteiger partial charge in [0.15, 0.2) is 4.77 Å². The zero-order valence-electron chi connectivity index (χ0n) is 11.6. The summed E-state index contributed by atoms with van der Waals surface area (Å²) in [6.45, 7) is 5.42. The van der Waals surface area contributed by atoms with Gasteiger partial charge in [-0.1, -0.05) is 30.3 Å². The SMILES string of the molecule is Cc1[nH]c(=S)nc(-c2ccccc2)c1C(=O)OC(C)C. The minimum absolute atomic E-state index is 0.186. The van der Waals surface area contributed by atoms with Crippen LogP contribution in [0.1, 0.15) is 29.9 Å². The number of aryl methyl sites for hydroxylation is 1. The van der Waals surface area contributed by atoms with E-state index in [1.54, 1.807) is 6.92 Å². The highest BCUT2D eigenvalue weighted by atomic mass is 32.1. The van der Waals surface area contributed by atoms with E-state index in [-0.39, 0.29) is 6.10 Å². The lowest BCUT2D eigenvalue weighted by molar-refractivity contribution is 0.0377. The van der Waals surface area contributed by atoms with Gasteiger partial charge in [0.05, 0.1) is 11.8 Å². The lowest BCUT2D eigenvalue weighted by Gasteiger charge is -2.13. The molecule has 5 heteroatoms. The summed E-state index contributed by atoms with van der Waals surface area (Å²) in [5, 5.41) is 0. The number of H-pyrrole nitrogens is 1. The Morgan fingerprint density at radius 1 is 1.30 bits per heavy atom. The van der Waals surface area contributed by atoms with E-state index in [2.05, 4.69) is 9.97 Å². The van der Waals surface area contributed by atoms with E-state index in [1.807, 2.05) is 44.2 Å². The molecule has 0 atom stereocenters. The van der Waals surface area contributed by atoms with Crippen LogP contribution < -0.4 is 0 Å². The van der Waals surface area contributed by atoms with Gasteiger partial charge in [0, 0.05) is 11.3 Å². The fraction of sp³-hybridized carbons (Fsp3) is 0.267. The molecule has 0 radical (unpaired) electrons. The Bertz CT molecular complexity index is 678. The average molecular weight is 288 g/mol. The molecule has 104 valence electrons. The Kier molecular flexibility index (Phi) is 4.29. The van der Waals surface area contributed by atoms with Crippen molar-refractivity contribution < 1.29 is 9.53 Å². The van der Waals surface area contributed by atoms with Gasteiger partial charge in [-0.2, -0.15) is 0 Å². The summed E-state index contributed by atoms with van der Waals surface area (Å²) in [7, 11) is 0. The van der Waals surface area contributed by atoms with Crippen molar-refractivity contribution in [2.75, 3.05) is 0 Å². The number of ether oxygens (including phenoxy) is 1. The second-order valence-electron chi connectivity index (χ2n) is 4.71. The first kappa shape index (κ1) is 14.4. The summed E-state index contributed by atoms with van der Waals surface area (Å²) in [5.41, 5.74) is 2.48. The second kappa shape index (κ2) is 5.96. The van der Waals surface area contributed by atoms with Crippen LogP contribution in [0.3, 0.4) is 0 Å². The van der Waals surface area contributed by atoms with Crippen LogP contribution in [0.15, 0.2) is 30.3 Å². The molecule has 0 amide bonds. The molecule has 1 N–H and O–H groups in total. The van der Waals surface area contributed by atoms with Crippen LogP contribution in [0.5, 0.6) is 0 Å². The van der Waals surface area contributed by atoms with Gasteiger partial charge in [-0.15, -0.1) is 0 Å². The first-order chi connectivity index (χ1) is 9.49. The van der Waals surface area contributed by atoms with Crippen LogP contribution in [-0.4, -0.2) is 22.0 Å². The highest BCUT2D eigenvalue weighted by Crippen LogP contribution is 2.24. The molecule has 0 bridgehead atoms. The maximum absolute atomic E-state index is 12.3. The molecular formula is C15H16N2O2S. The van der Waals surface area contributed by atoms with Crippen molar-refractivity contribution in [3.63, 3.8) is 0 Å². The van der Waals surface area contributed by atoms with Crippen molar-refractivity contribution in [2.45, 2.75) is 26.9 Å². The van der Waals surface area contributed by atoms with E-state index < -0.39 is 5.97 Å². The van der Waals surface area contributed by atoms with E-state index in [1.165, 1.54) is 0 Å². The van der Waals surface area contributed by atoms with Crippen molar-refractivity contribution in [1.82, 2.24) is 9.97 Å². The summed E-state index contributed by atoms with van der Waals surface area (Å²) >= 11 is 5.10. The minimum Gasteiger partial charge on any atom is -0.459 e. The van der Waals surface area contributed by atoms with Gasteiger partial charge in [0.1, 0.15) is 5.56 Å². The van der Waals surface area contributed by atoms with E-state index in [4.69, 9.17) is 17.0 Å². The molecule has 1 aromatic carbocycles. The number of hydrogen-bond donors (Lipinski definition) is 1. The van der Waals surface area contributed by atoms with Gasteiger partial charge in [0.2, 0.25) is 0 Å². The van der Waals surface area contributed by atoms with Crippen molar-refractivity contribution in [3.05, 3.63) is 46.4 Å². The predicted octanol–water partition coefficient (Wildman–Crippen LogP) is 3.68. The van der Waals surface area contributed by atoms with Crippen molar-refractivity contribution in [1.29, 1.82) is 0 Å². The number of rotatable bonds is 3. The third-order valence-electron chi connectivity index (χ3n) is 2.71. The van der Waals surface area contributed by atoms with Gasteiger partial charge in [0.25, 0.3) is 0 Å². The zero-order valence-corrected chi connectivity index (χ0v) is 12.5. The molecule has 4 nitrogen and oxygen atoms in total. The lowest BCUT2D eigenvalue weighted by atomic mass is 10.0. The molecule has 2 aromatic rings. The molecule has 0 unspecified atom stereocenters. The number of nitrogens with zero attached hydrogens (tertiary/aromatic N) is 1. The van der Waals surface area contributed by atoms with Gasteiger partial charge in [-0.3, -0.25) is 0 Å². The van der Waals surface area contributed by atoms with Crippen molar-refractivity contribution >= 4 is 18.2 Å². The largest absolute Gasteiger partial charge is 0.459 e. The quantitative estimate of drug-likeness (QED) is 0.691. The third kappa shape index (κ3) is 3.11. The van der Waals surface area contributed by atoms with Crippen LogP contribution in [0.2, 0.25) is 0 Å². The predicted molar refractivity (Wildman–Crippen MR) is 80.1 cm³/mol. The number of benzene rings is 1. The third-order valence-corrected chi connectivity index (χ3v) is 2.91. The highest BCUT2D eigenvalue weighted by molar-refractivity contribution is 7.71. The van der Waals surface area contributed by atoms with Gasteiger partial charge in [-0.25, -0.2) is 9.78 Å². The van der Waals surface area contributed by atoms with Crippen LogP contribution in [0.25, 0.3) is 11.3 Å². The van der Waals surface area contributed by atoms with E-state index in [9.17, 15) is 4.79 Å². The first-order valence-corrected chi connectivity index (χ1v) is 6.77. The molecule has 0 aliphatic carbocycles. The van der Waals surface area contributed by atoms with E-state index >= 15 is 0 Å². The Balaban J connectivity index is 2.61. The molecule has 1 aromatic heterocycles. The fourth-order valence-corrected chi connectivity index (χ4v) is 2.16. The fourth-order valence-electron chi connectivity index (χ4n) is 1.91. The summed E-state index contributed by atoms with van der Waals surface area (Å²) in [6, 6.07) is 9.48. The monoisotopic (exact) mass is 288 g/mol. The van der Waals surface area contributed by atoms with Crippen molar-refractivity contribution in [2.24, 2.45) is 0 Å². The molecular weight excluding hydrogens is 272 g/mol. The highest BCUT2D eigenvalue weighted by Gasteiger charge is 2.20. The maximum atomic E-state index is 12.3. The Morgan fingerprint density at radius 2 is 1.95 bits per heavy atom. The van der Waals surface area contributed by atoms with Gasteiger partial charge < -0.3 is 9.72 Å². The first-order valence-electron chi connectivity index (χ1n) is 6.36. The molecule has 1 heterocycles. The summed E-state index contributed by atoms with van der Waals surface area (Å²) in [4.78, 5) is 19.5. The molecule has 20 heavy (non-hydrogen) atoms. The molecule has 0 aliphatic heterocycles. The number of aromatic amines is 1. The molecule has 0 spiro atoms. The molecule has 2 rings (SSSR count). The summed E-state index contributed by atoms with van der Waals surface area (Å²) in [6.07, 6.45) is -0.186. The summed E-state index contributed by atoms with van der Waals surface area (Å²) in [5.74, 6) is -0.393. The van der Waals surface area contributed by atoms with Crippen LogP contribution in [0.4, 0.5) is 0 Å². The van der Waals surface area contributed by atoms with Gasteiger partial charge >= 0.3 is 5.97 Å². The molecule has 0 fully saturated rings. The number of nitrogens with one attached hydrogen (secondary N) is 1. The average Bonchev–Trinajstić information content (AvgIpc) is 2.37. The summed E-state index contributed by atoms with van der Waals surface area (Å²) < 4.78 is 5.64. The second-order valence-corrected chi connectivity index (χ2v) is 5.10. The van der Waals surface area contributed by atoms with Crippen LogP contribution >= 0.6 is 12.2 Å². The Morgan fingerprint density at radius 3 is 2.55 bits per heavy atom. The number of hydrogen-bond acceptors (Lipinski definition) is 4.